The number of amides is 1. The topological polar surface area (TPSA) is 42.0 Å². The minimum atomic E-state index is -0.651. The van der Waals surface area contributed by atoms with E-state index in [0.717, 1.165) is 0 Å². The van der Waals surface area contributed by atoms with Crippen molar-refractivity contribution in [3.8, 4) is 0 Å². The van der Waals surface area contributed by atoms with Crippen LogP contribution in [-0.4, -0.2) is 10.9 Å². The number of aromatic nitrogens is 1. The van der Waals surface area contributed by atoms with Gasteiger partial charge in [0.05, 0.1) is 10.6 Å². The van der Waals surface area contributed by atoms with Crippen LogP contribution in [0.2, 0.25) is 5.02 Å². The number of nitrogens with zero attached hydrogens (tertiary/aromatic N) is 1. The molecule has 2 rings (SSSR count). The summed E-state index contributed by atoms with van der Waals surface area (Å²) in [5.74, 6) is -1.25. The Labute approximate surface area is 99.9 Å². The smallest absolute Gasteiger partial charge is 0.261 e. The van der Waals surface area contributed by atoms with Gasteiger partial charge in [0.15, 0.2) is 5.13 Å². The van der Waals surface area contributed by atoms with Gasteiger partial charge in [-0.05, 0) is 12.1 Å². The van der Waals surface area contributed by atoms with Gasteiger partial charge in [0, 0.05) is 11.6 Å². The lowest BCUT2D eigenvalue weighted by atomic mass is 10.2. The van der Waals surface area contributed by atoms with Crippen LogP contribution in [0.4, 0.5) is 9.52 Å². The fourth-order valence-electron chi connectivity index (χ4n) is 1.16. The van der Waals surface area contributed by atoms with E-state index < -0.39 is 11.7 Å². The third-order valence-electron chi connectivity index (χ3n) is 1.84. The number of hydrogen-bond donors (Lipinski definition) is 1. The molecule has 0 spiro atoms. The second-order valence-electron chi connectivity index (χ2n) is 2.89. The van der Waals surface area contributed by atoms with Gasteiger partial charge in [-0.15, -0.1) is 11.3 Å². The third-order valence-corrected chi connectivity index (χ3v) is 2.85. The zero-order chi connectivity index (χ0) is 11.5. The molecule has 0 aliphatic heterocycles. The molecule has 1 aromatic heterocycles. The predicted molar refractivity (Wildman–Crippen MR) is 61.5 cm³/mol. The largest absolute Gasteiger partial charge is 0.298 e. The SMILES string of the molecule is O=C(Nc1nccs1)c1c(F)cccc1Cl. The summed E-state index contributed by atoms with van der Waals surface area (Å²) in [6, 6.07) is 4.09. The van der Waals surface area contributed by atoms with Crippen LogP contribution in [0.5, 0.6) is 0 Å². The molecule has 2 aromatic rings. The Bertz CT molecular complexity index is 495. The Hall–Kier alpha value is -1.46. The standard InChI is InChI=1S/C10H6ClFN2OS/c11-6-2-1-3-7(12)8(6)9(15)14-10-13-4-5-16-10/h1-5H,(H,13,14,15). The number of halogens is 2. The quantitative estimate of drug-likeness (QED) is 0.897. The molecule has 0 atom stereocenters. The molecule has 0 aliphatic rings. The lowest BCUT2D eigenvalue weighted by molar-refractivity contribution is 0.102. The zero-order valence-electron chi connectivity index (χ0n) is 7.91. The summed E-state index contributed by atoms with van der Waals surface area (Å²) in [5, 5.41) is 4.66. The van der Waals surface area contributed by atoms with E-state index in [2.05, 4.69) is 10.3 Å². The van der Waals surface area contributed by atoms with Crippen molar-refractivity contribution in [2.45, 2.75) is 0 Å². The van der Waals surface area contributed by atoms with E-state index in [4.69, 9.17) is 11.6 Å². The highest BCUT2D eigenvalue weighted by atomic mass is 35.5. The number of anilines is 1. The van der Waals surface area contributed by atoms with Crippen molar-refractivity contribution in [1.82, 2.24) is 4.98 Å². The van der Waals surface area contributed by atoms with Crippen molar-refractivity contribution < 1.29 is 9.18 Å². The van der Waals surface area contributed by atoms with Crippen LogP contribution in [0.1, 0.15) is 10.4 Å². The molecular formula is C10H6ClFN2OS. The Morgan fingerprint density at radius 2 is 2.31 bits per heavy atom. The maximum Gasteiger partial charge on any atom is 0.261 e. The molecular weight excluding hydrogens is 251 g/mol. The number of benzene rings is 1. The monoisotopic (exact) mass is 256 g/mol. The van der Waals surface area contributed by atoms with Crippen molar-refractivity contribution in [3.63, 3.8) is 0 Å². The molecule has 0 unspecified atom stereocenters. The van der Waals surface area contributed by atoms with Crippen LogP contribution in [-0.2, 0) is 0 Å². The number of carbonyl (C=O) groups is 1. The average Bonchev–Trinajstić information content (AvgIpc) is 2.70. The molecule has 0 bridgehead atoms. The van der Waals surface area contributed by atoms with Crippen LogP contribution in [0, 0.1) is 5.82 Å². The average molecular weight is 257 g/mol. The van der Waals surface area contributed by atoms with Crippen molar-refractivity contribution >= 4 is 34.0 Å². The van der Waals surface area contributed by atoms with Crippen LogP contribution >= 0.6 is 22.9 Å². The van der Waals surface area contributed by atoms with Gasteiger partial charge < -0.3 is 0 Å². The number of carbonyl (C=O) groups excluding carboxylic acids is 1. The minimum absolute atomic E-state index is 0.0778. The maximum atomic E-state index is 13.4. The molecule has 3 nitrogen and oxygen atoms in total. The molecule has 16 heavy (non-hydrogen) atoms. The molecule has 1 N–H and O–H groups in total. The number of nitrogens with one attached hydrogen (secondary N) is 1. The first kappa shape index (κ1) is 11.0. The lowest BCUT2D eigenvalue weighted by Crippen LogP contribution is -2.14. The van der Waals surface area contributed by atoms with Gasteiger partial charge in [0.25, 0.3) is 5.91 Å². The van der Waals surface area contributed by atoms with Gasteiger partial charge in [-0.25, -0.2) is 9.37 Å². The molecule has 1 aromatic carbocycles. The predicted octanol–water partition coefficient (Wildman–Crippen LogP) is 3.19. The first-order valence-corrected chi connectivity index (χ1v) is 5.59. The second kappa shape index (κ2) is 4.59. The fraction of sp³-hybridized carbons (Fsp3) is 0. The Kier molecular flexibility index (Phi) is 3.17. The summed E-state index contributed by atoms with van der Waals surface area (Å²) < 4.78 is 13.4. The van der Waals surface area contributed by atoms with Gasteiger partial charge in [0.1, 0.15) is 5.82 Å². The maximum absolute atomic E-state index is 13.4. The molecule has 82 valence electrons. The van der Waals surface area contributed by atoms with E-state index in [9.17, 15) is 9.18 Å². The number of thiazole rings is 1. The molecule has 0 fully saturated rings. The molecule has 6 heteroatoms. The van der Waals surface area contributed by atoms with E-state index in [1.165, 1.54) is 29.5 Å². The van der Waals surface area contributed by atoms with Gasteiger partial charge in [-0.3, -0.25) is 10.1 Å². The number of hydrogen-bond acceptors (Lipinski definition) is 3. The second-order valence-corrected chi connectivity index (χ2v) is 4.19. The van der Waals surface area contributed by atoms with Crippen LogP contribution in [0.15, 0.2) is 29.8 Å². The molecule has 1 heterocycles. The summed E-state index contributed by atoms with van der Waals surface area (Å²) >= 11 is 7.00. The third kappa shape index (κ3) is 2.20. The highest BCUT2D eigenvalue weighted by Gasteiger charge is 2.16. The number of rotatable bonds is 2. The summed E-state index contributed by atoms with van der Waals surface area (Å²) in [4.78, 5) is 15.5. The summed E-state index contributed by atoms with van der Waals surface area (Å²) in [6.07, 6.45) is 1.54. The Morgan fingerprint density at radius 3 is 2.94 bits per heavy atom. The van der Waals surface area contributed by atoms with Crippen molar-refractivity contribution in [3.05, 3.63) is 46.2 Å². The van der Waals surface area contributed by atoms with Crippen LogP contribution < -0.4 is 5.32 Å². The Balaban J connectivity index is 2.28. The summed E-state index contributed by atoms with van der Waals surface area (Å²) in [5.41, 5.74) is -0.167. The normalized spacial score (nSPS) is 10.1. The van der Waals surface area contributed by atoms with Gasteiger partial charge >= 0.3 is 0 Å². The minimum Gasteiger partial charge on any atom is -0.298 e. The highest BCUT2D eigenvalue weighted by molar-refractivity contribution is 7.13. The first-order valence-electron chi connectivity index (χ1n) is 4.33. The molecule has 0 saturated heterocycles. The van der Waals surface area contributed by atoms with Crippen LogP contribution in [0.3, 0.4) is 0 Å². The van der Waals surface area contributed by atoms with Gasteiger partial charge in [-0.2, -0.15) is 0 Å². The molecule has 1 amide bonds. The molecule has 0 saturated carbocycles. The van der Waals surface area contributed by atoms with Crippen molar-refractivity contribution in [2.24, 2.45) is 0 Å². The lowest BCUT2D eigenvalue weighted by Gasteiger charge is -2.04. The van der Waals surface area contributed by atoms with E-state index in [-0.39, 0.29) is 10.6 Å². The molecule has 0 aliphatic carbocycles. The zero-order valence-corrected chi connectivity index (χ0v) is 9.48. The van der Waals surface area contributed by atoms with Crippen LogP contribution in [0.25, 0.3) is 0 Å². The van der Waals surface area contributed by atoms with E-state index in [1.807, 2.05) is 0 Å². The van der Waals surface area contributed by atoms with Gasteiger partial charge in [0.2, 0.25) is 0 Å². The van der Waals surface area contributed by atoms with Gasteiger partial charge in [-0.1, -0.05) is 17.7 Å². The highest BCUT2D eigenvalue weighted by Crippen LogP contribution is 2.21. The van der Waals surface area contributed by atoms with Crippen molar-refractivity contribution in [1.29, 1.82) is 0 Å². The van der Waals surface area contributed by atoms with Crippen molar-refractivity contribution in [2.75, 3.05) is 5.32 Å². The van der Waals surface area contributed by atoms with E-state index in [0.29, 0.717) is 5.13 Å². The first-order chi connectivity index (χ1) is 7.68. The summed E-state index contributed by atoms with van der Waals surface area (Å²) in [6.45, 7) is 0. The Morgan fingerprint density at radius 1 is 1.50 bits per heavy atom. The van der Waals surface area contributed by atoms with E-state index in [1.54, 1.807) is 11.6 Å². The summed E-state index contributed by atoms with van der Waals surface area (Å²) in [7, 11) is 0. The molecule has 0 radical (unpaired) electrons. The fourth-order valence-corrected chi connectivity index (χ4v) is 1.93. The van der Waals surface area contributed by atoms with E-state index >= 15 is 0 Å².